The first-order valence-electron chi connectivity index (χ1n) is 7.26. The fourth-order valence-electron chi connectivity index (χ4n) is 2.87. The third kappa shape index (κ3) is 4.46. The fourth-order valence-corrected chi connectivity index (χ4v) is 4.19. The second-order valence-electron chi connectivity index (χ2n) is 5.48. The van der Waals surface area contributed by atoms with Gasteiger partial charge in [0.25, 0.3) is 0 Å². The van der Waals surface area contributed by atoms with Gasteiger partial charge in [0.2, 0.25) is 10.0 Å². The van der Waals surface area contributed by atoms with E-state index in [-0.39, 0.29) is 23.5 Å². The summed E-state index contributed by atoms with van der Waals surface area (Å²) in [7, 11) is -3.82. The summed E-state index contributed by atoms with van der Waals surface area (Å²) in [5, 5.41) is 9.17. The molecule has 0 spiro atoms. The Bertz CT molecular complexity index is 559. The van der Waals surface area contributed by atoms with Crippen molar-refractivity contribution in [3.8, 4) is 0 Å². The molecule has 1 aliphatic carbocycles. The first kappa shape index (κ1) is 16.3. The summed E-state index contributed by atoms with van der Waals surface area (Å²) >= 11 is 0. The molecule has 1 aliphatic rings. The molecule has 0 unspecified atom stereocenters. The molecule has 1 saturated carbocycles. The van der Waals surface area contributed by atoms with Crippen LogP contribution < -0.4 is 4.72 Å². The molecule has 1 heterocycles. The maximum atomic E-state index is 13.1. The Kier molecular flexibility index (Phi) is 5.66. The number of aromatic nitrogens is 1. The highest BCUT2D eigenvalue weighted by atomic mass is 32.2. The number of nitrogens with zero attached hydrogens (tertiary/aromatic N) is 1. The molecule has 1 atom stereocenters. The predicted octanol–water partition coefficient (Wildman–Crippen LogP) is 1.83. The number of halogens is 1. The smallest absolute Gasteiger partial charge is 0.242 e. The lowest BCUT2D eigenvalue weighted by molar-refractivity contribution is 0.221. The van der Waals surface area contributed by atoms with Crippen LogP contribution >= 0.6 is 0 Å². The molecule has 1 aromatic heterocycles. The molecule has 0 saturated heterocycles. The summed E-state index contributed by atoms with van der Waals surface area (Å²) < 4.78 is 40.4. The van der Waals surface area contributed by atoms with Crippen molar-refractivity contribution in [3.63, 3.8) is 0 Å². The monoisotopic (exact) mass is 316 g/mol. The molecule has 0 aromatic carbocycles. The van der Waals surface area contributed by atoms with Crippen molar-refractivity contribution < 1.29 is 17.9 Å². The lowest BCUT2D eigenvalue weighted by Crippen LogP contribution is -2.41. The van der Waals surface area contributed by atoms with E-state index >= 15 is 0 Å². The van der Waals surface area contributed by atoms with Gasteiger partial charge in [-0.15, -0.1) is 0 Å². The average Bonchev–Trinajstić information content (AvgIpc) is 2.47. The van der Waals surface area contributed by atoms with Crippen molar-refractivity contribution in [2.45, 2.75) is 49.5 Å². The van der Waals surface area contributed by atoms with E-state index in [1.54, 1.807) is 0 Å². The standard InChI is InChI=1S/C14H21FN2O3S/c15-12-8-13(10-16-9-12)21(19,20)17-14(6-7-18)11-4-2-1-3-5-11/h8-11,14,17-18H,1-7H2/t14-/m0/s1. The lowest BCUT2D eigenvalue weighted by atomic mass is 9.83. The minimum atomic E-state index is -3.82. The summed E-state index contributed by atoms with van der Waals surface area (Å²) in [5.41, 5.74) is 0. The summed E-state index contributed by atoms with van der Waals surface area (Å²) in [6, 6.07) is 0.634. The highest BCUT2D eigenvalue weighted by molar-refractivity contribution is 7.89. The van der Waals surface area contributed by atoms with Gasteiger partial charge in [-0.25, -0.2) is 17.5 Å². The molecule has 2 N–H and O–H groups in total. The topological polar surface area (TPSA) is 79.3 Å². The first-order valence-corrected chi connectivity index (χ1v) is 8.75. The summed E-state index contributed by atoms with van der Waals surface area (Å²) in [5.74, 6) is -0.462. The van der Waals surface area contributed by atoms with Crippen molar-refractivity contribution in [1.29, 1.82) is 0 Å². The van der Waals surface area contributed by atoms with Crippen LogP contribution in [0.15, 0.2) is 23.4 Å². The molecule has 0 aliphatic heterocycles. The minimum absolute atomic E-state index is 0.0783. The number of rotatable bonds is 6. The summed E-state index contributed by atoms with van der Waals surface area (Å²) in [6.07, 6.45) is 7.69. The molecule has 0 bridgehead atoms. The van der Waals surface area contributed by atoms with E-state index in [1.165, 1.54) is 6.42 Å². The Morgan fingerprint density at radius 1 is 1.33 bits per heavy atom. The molecule has 1 fully saturated rings. The Morgan fingerprint density at radius 3 is 2.67 bits per heavy atom. The number of hydrogen-bond acceptors (Lipinski definition) is 4. The number of hydrogen-bond donors (Lipinski definition) is 2. The van der Waals surface area contributed by atoms with Crippen molar-refractivity contribution in [3.05, 3.63) is 24.3 Å². The van der Waals surface area contributed by atoms with Crippen LogP contribution in [0.1, 0.15) is 38.5 Å². The van der Waals surface area contributed by atoms with Crippen LogP contribution in [-0.2, 0) is 10.0 Å². The molecule has 2 rings (SSSR count). The quantitative estimate of drug-likeness (QED) is 0.839. The molecule has 0 radical (unpaired) electrons. The second kappa shape index (κ2) is 7.29. The molecule has 21 heavy (non-hydrogen) atoms. The van der Waals surface area contributed by atoms with Gasteiger partial charge in [0, 0.05) is 18.8 Å². The van der Waals surface area contributed by atoms with Crippen molar-refractivity contribution in [1.82, 2.24) is 9.71 Å². The molecule has 0 amide bonds. The van der Waals surface area contributed by atoms with E-state index in [1.807, 2.05) is 0 Å². The third-order valence-electron chi connectivity index (χ3n) is 3.96. The van der Waals surface area contributed by atoms with Crippen LogP contribution in [0.3, 0.4) is 0 Å². The molecular formula is C14H21FN2O3S. The predicted molar refractivity (Wildman–Crippen MR) is 76.6 cm³/mol. The van der Waals surface area contributed by atoms with Gasteiger partial charge in [0.1, 0.15) is 10.7 Å². The van der Waals surface area contributed by atoms with Crippen molar-refractivity contribution in [2.75, 3.05) is 6.61 Å². The van der Waals surface area contributed by atoms with Crippen molar-refractivity contribution >= 4 is 10.0 Å². The number of pyridine rings is 1. The second-order valence-corrected chi connectivity index (χ2v) is 7.19. The minimum Gasteiger partial charge on any atom is -0.396 e. The zero-order valence-corrected chi connectivity index (χ0v) is 12.7. The van der Waals surface area contributed by atoms with Crippen LogP contribution in [0.4, 0.5) is 4.39 Å². The van der Waals surface area contributed by atoms with Crippen LogP contribution in [0.5, 0.6) is 0 Å². The van der Waals surface area contributed by atoms with Gasteiger partial charge < -0.3 is 5.11 Å². The highest BCUT2D eigenvalue weighted by Crippen LogP contribution is 2.28. The van der Waals surface area contributed by atoms with Crippen LogP contribution in [0.2, 0.25) is 0 Å². The number of aliphatic hydroxyl groups excluding tert-OH is 1. The Morgan fingerprint density at radius 2 is 2.05 bits per heavy atom. The Balaban J connectivity index is 2.14. The van der Waals surface area contributed by atoms with Gasteiger partial charge >= 0.3 is 0 Å². The Labute approximate surface area is 124 Å². The van der Waals surface area contributed by atoms with E-state index in [0.717, 1.165) is 44.1 Å². The van der Waals surface area contributed by atoms with E-state index in [4.69, 9.17) is 0 Å². The van der Waals surface area contributed by atoms with Crippen LogP contribution in [0.25, 0.3) is 0 Å². The number of sulfonamides is 1. The van der Waals surface area contributed by atoms with Gasteiger partial charge in [-0.2, -0.15) is 0 Å². The lowest BCUT2D eigenvalue weighted by Gasteiger charge is -2.30. The maximum Gasteiger partial charge on any atom is 0.242 e. The fraction of sp³-hybridized carbons (Fsp3) is 0.643. The largest absolute Gasteiger partial charge is 0.396 e. The molecule has 1 aromatic rings. The summed E-state index contributed by atoms with van der Waals surface area (Å²) in [6.45, 7) is -0.0783. The molecule has 5 nitrogen and oxygen atoms in total. The van der Waals surface area contributed by atoms with Crippen molar-refractivity contribution in [2.24, 2.45) is 5.92 Å². The van der Waals surface area contributed by atoms with Gasteiger partial charge in [-0.05, 0) is 31.2 Å². The maximum absolute atomic E-state index is 13.1. The Hall–Kier alpha value is -1.05. The third-order valence-corrected chi connectivity index (χ3v) is 5.41. The van der Waals surface area contributed by atoms with E-state index in [2.05, 4.69) is 9.71 Å². The van der Waals surface area contributed by atoms with Gasteiger partial charge in [-0.3, -0.25) is 4.98 Å². The molecule has 118 valence electrons. The normalized spacial score (nSPS) is 18.6. The average molecular weight is 316 g/mol. The highest BCUT2D eigenvalue weighted by Gasteiger charge is 2.28. The summed E-state index contributed by atoms with van der Waals surface area (Å²) in [4.78, 5) is 3.39. The zero-order valence-electron chi connectivity index (χ0n) is 11.8. The van der Waals surface area contributed by atoms with Gasteiger partial charge in [-0.1, -0.05) is 19.3 Å². The number of nitrogens with one attached hydrogen (secondary N) is 1. The molecule has 7 heteroatoms. The van der Waals surface area contributed by atoms with Gasteiger partial charge in [0.15, 0.2) is 0 Å². The first-order chi connectivity index (χ1) is 10.0. The SMILES string of the molecule is O=S(=O)(N[C@@H](CCO)C1CCCCC1)c1cncc(F)c1. The van der Waals surface area contributed by atoms with Crippen LogP contribution in [-0.4, -0.2) is 31.2 Å². The van der Waals surface area contributed by atoms with E-state index < -0.39 is 15.8 Å². The van der Waals surface area contributed by atoms with Gasteiger partial charge in [0.05, 0.1) is 6.20 Å². The number of aliphatic hydroxyl groups is 1. The zero-order chi connectivity index (χ0) is 15.3. The van der Waals surface area contributed by atoms with E-state index in [9.17, 15) is 17.9 Å². The van der Waals surface area contributed by atoms with E-state index in [0.29, 0.717) is 6.42 Å². The van der Waals surface area contributed by atoms with Crippen LogP contribution in [0, 0.1) is 11.7 Å². The molecular weight excluding hydrogens is 295 g/mol.